The second-order valence-corrected chi connectivity index (χ2v) is 6.93. The lowest BCUT2D eigenvalue weighted by molar-refractivity contribution is -0.113. The lowest BCUT2D eigenvalue weighted by Gasteiger charge is -2.03. The SMILES string of the molecule is COc1ccc(-c2nsc(SCC(=O)Nc3ccc(F)cc3)n2)cc1. The number of benzene rings is 2. The highest BCUT2D eigenvalue weighted by molar-refractivity contribution is 8.01. The predicted molar refractivity (Wildman–Crippen MR) is 97.7 cm³/mol. The van der Waals surface area contributed by atoms with E-state index in [1.54, 1.807) is 7.11 Å². The Bertz CT molecular complexity index is 851. The van der Waals surface area contributed by atoms with Crippen LogP contribution in [0, 0.1) is 5.82 Å². The molecule has 25 heavy (non-hydrogen) atoms. The number of amides is 1. The lowest BCUT2D eigenvalue weighted by Crippen LogP contribution is -2.13. The molecule has 2 aromatic carbocycles. The van der Waals surface area contributed by atoms with Crippen LogP contribution in [-0.2, 0) is 4.79 Å². The molecule has 1 N–H and O–H groups in total. The number of methoxy groups -OCH3 is 1. The van der Waals surface area contributed by atoms with Gasteiger partial charge < -0.3 is 10.1 Å². The number of aromatic nitrogens is 2. The molecule has 3 aromatic rings. The van der Waals surface area contributed by atoms with Crippen molar-refractivity contribution in [3.05, 3.63) is 54.3 Å². The molecule has 0 radical (unpaired) electrons. The van der Waals surface area contributed by atoms with Gasteiger partial charge in [0.05, 0.1) is 12.9 Å². The van der Waals surface area contributed by atoms with Crippen molar-refractivity contribution in [2.45, 2.75) is 4.34 Å². The van der Waals surface area contributed by atoms with Crippen LogP contribution < -0.4 is 10.1 Å². The Morgan fingerprint density at radius 2 is 1.92 bits per heavy atom. The van der Waals surface area contributed by atoms with Crippen LogP contribution in [-0.4, -0.2) is 28.1 Å². The molecule has 0 unspecified atom stereocenters. The Labute approximate surface area is 152 Å². The predicted octanol–water partition coefficient (Wildman–Crippen LogP) is 4.08. The van der Waals surface area contributed by atoms with Crippen LogP contribution in [0.3, 0.4) is 0 Å². The first-order chi connectivity index (χ1) is 12.1. The van der Waals surface area contributed by atoms with Gasteiger partial charge in [-0.25, -0.2) is 9.37 Å². The number of ether oxygens (including phenoxy) is 1. The monoisotopic (exact) mass is 375 g/mol. The van der Waals surface area contributed by atoms with Crippen molar-refractivity contribution in [2.75, 3.05) is 18.2 Å². The summed E-state index contributed by atoms with van der Waals surface area (Å²) < 4.78 is 23.0. The van der Waals surface area contributed by atoms with E-state index in [0.29, 0.717) is 15.9 Å². The molecular formula is C17H14FN3O2S2. The van der Waals surface area contributed by atoms with E-state index in [1.807, 2.05) is 24.3 Å². The van der Waals surface area contributed by atoms with E-state index in [0.717, 1.165) is 11.3 Å². The largest absolute Gasteiger partial charge is 0.497 e. The molecule has 0 aliphatic carbocycles. The second-order valence-electron chi connectivity index (χ2n) is 4.96. The summed E-state index contributed by atoms with van der Waals surface area (Å²) in [6, 6.07) is 13.1. The van der Waals surface area contributed by atoms with Crippen LogP contribution in [0.25, 0.3) is 11.4 Å². The molecule has 0 fully saturated rings. The molecule has 0 aliphatic heterocycles. The van der Waals surface area contributed by atoms with Gasteiger partial charge in [0.25, 0.3) is 0 Å². The molecule has 0 spiro atoms. The van der Waals surface area contributed by atoms with Crippen LogP contribution in [0.1, 0.15) is 0 Å². The zero-order valence-electron chi connectivity index (χ0n) is 13.2. The molecule has 0 bridgehead atoms. The van der Waals surface area contributed by atoms with Crippen LogP contribution in [0.2, 0.25) is 0 Å². The van der Waals surface area contributed by atoms with Crippen LogP contribution in [0.5, 0.6) is 5.75 Å². The van der Waals surface area contributed by atoms with Crippen molar-refractivity contribution in [1.82, 2.24) is 9.36 Å². The van der Waals surface area contributed by atoms with Crippen molar-refractivity contribution >= 4 is 34.9 Å². The maximum absolute atomic E-state index is 12.8. The van der Waals surface area contributed by atoms with Gasteiger partial charge in [-0.1, -0.05) is 11.8 Å². The number of nitrogens with one attached hydrogen (secondary N) is 1. The van der Waals surface area contributed by atoms with E-state index < -0.39 is 0 Å². The zero-order chi connectivity index (χ0) is 17.6. The lowest BCUT2D eigenvalue weighted by atomic mass is 10.2. The molecule has 0 atom stereocenters. The van der Waals surface area contributed by atoms with Gasteiger partial charge >= 0.3 is 0 Å². The van der Waals surface area contributed by atoms with Crippen molar-refractivity contribution in [2.24, 2.45) is 0 Å². The fourth-order valence-corrected chi connectivity index (χ4v) is 3.40. The van der Waals surface area contributed by atoms with Crippen LogP contribution in [0.4, 0.5) is 10.1 Å². The minimum atomic E-state index is -0.340. The number of carbonyl (C=O) groups excluding carboxylic acids is 1. The Kier molecular flexibility index (Phi) is 5.62. The normalized spacial score (nSPS) is 10.5. The van der Waals surface area contributed by atoms with E-state index in [-0.39, 0.29) is 17.5 Å². The van der Waals surface area contributed by atoms with Gasteiger partial charge in [0.15, 0.2) is 10.2 Å². The molecule has 1 aromatic heterocycles. The Hall–Kier alpha value is -2.45. The van der Waals surface area contributed by atoms with Crippen LogP contribution in [0.15, 0.2) is 52.9 Å². The molecule has 3 rings (SSSR count). The van der Waals surface area contributed by atoms with E-state index in [9.17, 15) is 9.18 Å². The second kappa shape index (κ2) is 8.09. The van der Waals surface area contributed by atoms with E-state index in [2.05, 4.69) is 14.7 Å². The van der Waals surface area contributed by atoms with Crippen LogP contribution >= 0.6 is 23.3 Å². The summed E-state index contributed by atoms with van der Waals surface area (Å²) in [5.74, 6) is 1.07. The average Bonchev–Trinajstić information content (AvgIpc) is 3.11. The van der Waals surface area contributed by atoms with Crippen molar-refractivity contribution in [3.63, 3.8) is 0 Å². The highest BCUT2D eigenvalue weighted by Crippen LogP contribution is 2.26. The summed E-state index contributed by atoms with van der Waals surface area (Å²) in [6.07, 6.45) is 0. The molecule has 128 valence electrons. The third-order valence-corrected chi connectivity index (χ3v) is 5.04. The Morgan fingerprint density at radius 1 is 1.20 bits per heavy atom. The maximum atomic E-state index is 12.8. The van der Waals surface area contributed by atoms with Crippen molar-refractivity contribution in [1.29, 1.82) is 0 Å². The molecule has 1 heterocycles. The standard InChI is InChI=1S/C17H14FN3O2S2/c1-23-14-8-2-11(3-9-14)16-20-17(25-21-16)24-10-15(22)19-13-6-4-12(18)5-7-13/h2-9H,10H2,1H3,(H,19,22). The molecule has 0 aliphatic rings. The fourth-order valence-electron chi connectivity index (χ4n) is 1.98. The quantitative estimate of drug-likeness (QED) is 0.658. The number of anilines is 1. The van der Waals surface area contributed by atoms with E-state index in [4.69, 9.17) is 4.74 Å². The number of nitrogens with zero attached hydrogens (tertiary/aromatic N) is 2. The van der Waals surface area contributed by atoms with Gasteiger partial charge in [-0.05, 0) is 60.1 Å². The number of thioether (sulfide) groups is 1. The summed E-state index contributed by atoms with van der Waals surface area (Å²) in [6.45, 7) is 0. The maximum Gasteiger partial charge on any atom is 0.234 e. The number of hydrogen-bond donors (Lipinski definition) is 1. The molecule has 0 saturated heterocycles. The van der Waals surface area contributed by atoms with Crippen molar-refractivity contribution in [3.8, 4) is 17.1 Å². The molecule has 5 nitrogen and oxygen atoms in total. The van der Waals surface area contributed by atoms with Gasteiger partial charge in [-0.2, -0.15) is 4.37 Å². The van der Waals surface area contributed by atoms with Gasteiger partial charge in [-0.3, -0.25) is 4.79 Å². The summed E-state index contributed by atoms with van der Waals surface area (Å²) in [5.41, 5.74) is 1.45. The minimum absolute atomic E-state index is 0.183. The summed E-state index contributed by atoms with van der Waals surface area (Å²) in [5, 5.41) is 2.71. The molecule has 8 heteroatoms. The highest BCUT2D eigenvalue weighted by Gasteiger charge is 2.10. The average molecular weight is 375 g/mol. The first-order valence-corrected chi connectivity index (χ1v) is 9.06. The highest BCUT2D eigenvalue weighted by atomic mass is 32.2. The number of hydrogen-bond acceptors (Lipinski definition) is 6. The summed E-state index contributed by atoms with van der Waals surface area (Å²) in [7, 11) is 1.61. The fraction of sp³-hybridized carbons (Fsp3) is 0.118. The molecule has 1 amide bonds. The molecule has 0 saturated carbocycles. The third kappa shape index (κ3) is 4.77. The molecular weight excluding hydrogens is 361 g/mol. The third-order valence-electron chi connectivity index (χ3n) is 3.21. The zero-order valence-corrected chi connectivity index (χ0v) is 14.9. The van der Waals surface area contributed by atoms with Gasteiger partial charge in [-0.15, -0.1) is 0 Å². The minimum Gasteiger partial charge on any atom is -0.497 e. The van der Waals surface area contributed by atoms with E-state index in [1.165, 1.54) is 47.6 Å². The first-order valence-electron chi connectivity index (χ1n) is 7.30. The topological polar surface area (TPSA) is 64.1 Å². The van der Waals surface area contributed by atoms with Gasteiger partial charge in [0, 0.05) is 11.3 Å². The van der Waals surface area contributed by atoms with Gasteiger partial charge in [0.2, 0.25) is 5.91 Å². The first kappa shape index (κ1) is 17.4. The Morgan fingerprint density at radius 3 is 2.60 bits per heavy atom. The number of carbonyl (C=O) groups is 1. The van der Waals surface area contributed by atoms with Crippen molar-refractivity contribution < 1.29 is 13.9 Å². The summed E-state index contributed by atoms with van der Waals surface area (Å²) >= 11 is 2.55. The Balaban J connectivity index is 1.55. The smallest absolute Gasteiger partial charge is 0.234 e. The number of rotatable bonds is 6. The van der Waals surface area contributed by atoms with E-state index >= 15 is 0 Å². The number of halogens is 1. The van der Waals surface area contributed by atoms with Gasteiger partial charge in [0.1, 0.15) is 11.6 Å². The summed E-state index contributed by atoms with van der Waals surface area (Å²) in [4.78, 5) is 16.4.